The van der Waals surface area contributed by atoms with Crippen molar-refractivity contribution in [3.05, 3.63) is 18.3 Å². The van der Waals surface area contributed by atoms with Crippen LogP contribution in [-0.2, 0) is 4.79 Å². The fourth-order valence-corrected chi connectivity index (χ4v) is 5.70. The first-order chi connectivity index (χ1) is 11.3. The molecule has 3 aliphatic rings. The van der Waals surface area contributed by atoms with Crippen LogP contribution >= 0.6 is 0 Å². The smallest absolute Gasteiger partial charge is 0.227 e. The van der Waals surface area contributed by atoms with E-state index < -0.39 is 0 Å². The number of nitrogens with one attached hydrogen (secondary N) is 1. The minimum atomic E-state index is 0.0182. The van der Waals surface area contributed by atoms with Crippen LogP contribution in [0.5, 0.6) is 0 Å². The average Bonchev–Trinajstić information content (AvgIpc) is 2.97. The second-order valence-corrected chi connectivity index (χ2v) is 9.06. The summed E-state index contributed by atoms with van der Waals surface area (Å²) in [5.41, 5.74) is 6.72. The van der Waals surface area contributed by atoms with Gasteiger partial charge < -0.3 is 16.0 Å². The van der Waals surface area contributed by atoms with E-state index in [1.54, 1.807) is 12.3 Å². The highest BCUT2D eigenvalue weighted by Gasteiger charge is 2.59. The zero-order valence-electron chi connectivity index (χ0n) is 14.9. The molecular formula is C19H28N4O. The van der Waals surface area contributed by atoms with Crippen LogP contribution in [0.3, 0.4) is 0 Å². The van der Waals surface area contributed by atoms with Gasteiger partial charge in [0.1, 0.15) is 5.82 Å². The first kappa shape index (κ1) is 15.9. The molecule has 130 valence electrons. The third-order valence-electron chi connectivity index (χ3n) is 6.12. The number of anilines is 2. The molecule has 3 saturated heterocycles. The molecule has 1 spiro atoms. The highest BCUT2D eigenvalue weighted by molar-refractivity contribution is 5.97. The summed E-state index contributed by atoms with van der Waals surface area (Å²) < 4.78 is 0. The highest BCUT2D eigenvalue weighted by Crippen LogP contribution is 2.56. The van der Waals surface area contributed by atoms with Crippen molar-refractivity contribution in [1.29, 1.82) is 0 Å². The van der Waals surface area contributed by atoms with E-state index in [1.165, 1.54) is 12.8 Å². The first-order valence-electron chi connectivity index (χ1n) is 9.08. The molecule has 5 heteroatoms. The van der Waals surface area contributed by atoms with Crippen LogP contribution in [0.2, 0.25) is 0 Å². The Balaban J connectivity index is 1.77. The van der Waals surface area contributed by atoms with Gasteiger partial charge in [0.25, 0.3) is 0 Å². The molecule has 0 saturated carbocycles. The standard InChI is InChI=1S/C19H28N4O/c1-18(2,3)17-19(8-12-4-5-13(9-19)22-12)10-16(24)23(17)14-6-7-15(20)21-11-14/h6-7,11-13,17,22H,4-5,8-10H2,1-3H3,(H2,20,21). The van der Waals surface area contributed by atoms with E-state index in [0.717, 1.165) is 18.5 Å². The number of carbonyl (C=O) groups excluding carboxylic acids is 1. The summed E-state index contributed by atoms with van der Waals surface area (Å²) in [4.78, 5) is 19.3. The van der Waals surface area contributed by atoms with Crippen molar-refractivity contribution in [1.82, 2.24) is 10.3 Å². The molecule has 1 amide bonds. The van der Waals surface area contributed by atoms with Crippen molar-refractivity contribution < 1.29 is 4.79 Å². The maximum absolute atomic E-state index is 13.1. The van der Waals surface area contributed by atoms with E-state index in [-0.39, 0.29) is 22.8 Å². The molecule has 3 fully saturated rings. The molecule has 0 aromatic carbocycles. The van der Waals surface area contributed by atoms with E-state index in [0.29, 0.717) is 24.3 Å². The second-order valence-electron chi connectivity index (χ2n) is 9.06. The average molecular weight is 328 g/mol. The number of hydrogen-bond donors (Lipinski definition) is 2. The van der Waals surface area contributed by atoms with Crippen molar-refractivity contribution in [2.24, 2.45) is 10.8 Å². The van der Waals surface area contributed by atoms with Crippen LogP contribution in [0.4, 0.5) is 11.5 Å². The summed E-state index contributed by atoms with van der Waals surface area (Å²) in [7, 11) is 0. The maximum Gasteiger partial charge on any atom is 0.227 e. The molecule has 3 unspecified atom stereocenters. The topological polar surface area (TPSA) is 71.2 Å². The van der Waals surface area contributed by atoms with Gasteiger partial charge in [-0.2, -0.15) is 0 Å². The van der Waals surface area contributed by atoms with Crippen LogP contribution in [-0.4, -0.2) is 29.0 Å². The molecule has 3 atom stereocenters. The number of carbonyl (C=O) groups is 1. The fraction of sp³-hybridized carbons (Fsp3) is 0.684. The number of rotatable bonds is 1. The summed E-state index contributed by atoms with van der Waals surface area (Å²) in [5, 5.41) is 3.73. The van der Waals surface area contributed by atoms with E-state index in [1.807, 2.05) is 11.0 Å². The lowest BCUT2D eigenvalue weighted by atomic mass is 9.63. The minimum Gasteiger partial charge on any atom is -0.384 e. The van der Waals surface area contributed by atoms with Crippen LogP contribution in [0.25, 0.3) is 0 Å². The van der Waals surface area contributed by atoms with Crippen LogP contribution in [0.1, 0.15) is 52.9 Å². The summed E-state index contributed by atoms with van der Waals surface area (Å²) in [5.74, 6) is 0.732. The molecule has 4 heterocycles. The normalized spacial score (nSPS) is 35.9. The molecule has 1 aromatic heterocycles. The summed E-state index contributed by atoms with van der Waals surface area (Å²) in [6.07, 6.45) is 7.13. The number of nitrogens with zero attached hydrogens (tertiary/aromatic N) is 2. The predicted octanol–water partition coefficient (Wildman–Crippen LogP) is 2.72. The second kappa shape index (κ2) is 5.19. The molecule has 3 N–H and O–H groups in total. The summed E-state index contributed by atoms with van der Waals surface area (Å²) in [6, 6.07) is 5.08. The SMILES string of the molecule is CC(C)(C)C1N(c2ccc(N)nc2)C(=O)CC12CC1CCC(C2)N1. The van der Waals surface area contributed by atoms with Crippen molar-refractivity contribution in [2.75, 3.05) is 10.6 Å². The molecule has 2 bridgehead atoms. The first-order valence-corrected chi connectivity index (χ1v) is 9.08. The lowest BCUT2D eigenvalue weighted by Gasteiger charge is -2.49. The minimum absolute atomic E-state index is 0.0182. The fourth-order valence-electron chi connectivity index (χ4n) is 5.70. The Labute approximate surface area is 144 Å². The lowest BCUT2D eigenvalue weighted by Crippen LogP contribution is -2.55. The van der Waals surface area contributed by atoms with Gasteiger partial charge in [0.2, 0.25) is 5.91 Å². The lowest BCUT2D eigenvalue weighted by molar-refractivity contribution is -0.118. The number of piperidine rings is 1. The summed E-state index contributed by atoms with van der Waals surface area (Å²) >= 11 is 0. The Morgan fingerprint density at radius 1 is 1.25 bits per heavy atom. The number of nitrogen functional groups attached to an aromatic ring is 1. The molecular weight excluding hydrogens is 300 g/mol. The number of hydrogen-bond acceptors (Lipinski definition) is 4. The number of nitrogens with two attached hydrogens (primary N) is 1. The van der Waals surface area contributed by atoms with Gasteiger partial charge in [0.05, 0.1) is 11.9 Å². The maximum atomic E-state index is 13.1. The predicted molar refractivity (Wildman–Crippen MR) is 95.6 cm³/mol. The third-order valence-corrected chi connectivity index (χ3v) is 6.12. The van der Waals surface area contributed by atoms with Crippen molar-refractivity contribution in [2.45, 2.75) is 71.0 Å². The zero-order valence-corrected chi connectivity index (χ0v) is 14.9. The van der Waals surface area contributed by atoms with Gasteiger partial charge in [-0.25, -0.2) is 4.98 Å². The van der Waals surface area contributed by atoms with Crippen molar-refractivity contribution in [3.8, 4) is 0 Å². The molecule has 5 nitrogen and oxygen atoms in total. The van der Waals surface area contributed by atoms with Crippen molar-refractivity contribution in [3.63, 3.8) is 0 Å². The number of pyridine rings is 1. The van der Waals surface area contributed by atoms with E-state index in [4.69, 9.17) is 5.73 Å². The molecule has 4 rings (SSSR count). The van der Waals surface area contributed by atoms with Crippen LogP contribution < -0.4 is 16.0 Å². The van der Waals surface area contributed by atoms with Gasteiger partial charge >= 0.3 is 0 Å². The Bertz CT molecular complexity index is 636. The monoisotopic (exact) mass is 328 g/mol. The van der Waals surface area contributed by atoms with Gasteiger partial charge in [-0.05, 0) is 43.2 Å². The zero-order chi connectivity index (χ0) is 17.1. The van der Waals surface area contributed by atoms with Crippen molar-refractivity contribution >= 4 is 17.4 Å². The quantitative estimate of drug-likeness (QED) is 0.831. The molecule has 1 aromatic rings. The van der Waals surface area contributed by atoms with E-state index in [2.05, 4.69) is 31.1 Å². The summed E-state index contributed by atoms with van der Waals surface area (Å²) in [6.45, 7) is 6.79. The Morgan fingerprint density at radius 2 is 1.92 bits per heavy atom. The largest absolute Gasteiger partial charge is 0.384 e. The highest BCUT2D eigenvalue weighted by atomic mass is 16.2. The van der Waals surface area contributed by atoms with Gasteiger partial charge in [0, 0.05) is 30.0 Å². The van der Waals surface area contributed by atoms with Crippen LogP contribution in [0.15, 0.2) is 18.3 Å². The van der Waals surface area contributed by atoms with Crippen LogP contribution in [0, 0.1) is 10.8 Å². The molecule has 24 heavy (non-hydrogen) atoms. The van der Waals surface area contributed by atoms with E-state index >= 15 is 0 Å². The van der Waals surface area contributed by atoms with Gasteiger partial charge in [-0.3, -0.25) is 4.79 Å². The number of amides is 1. The Kier molecular flexibility index (Phi) is 3.43. The Hall–Kier alpha value is -1.62. The van der Waals surface area contributed by atoms with Gasteiger partial charge in [0.15, 0.2) is 0 Å². The molecule has 3 aliphatic heterocycles. The number of aromatic nitrogens is 1. The third kappa shape index (κ3) is 2.41. The molecule has 0 aliphatic carbocycles. The Morgan fingerprint density at radius 3 is 2.46 bits per heavy atom. The van der Waals surface area contributed by atoms with Gasteiger partial charge in [-0.1, -0.05) is 20.8 Å². The number of fused-ring (bicyclic) bond motifs is 2. The van der Waals surface area contributed by atoms with E-state index in [9.17, 15) is 4.79 Å². The molecule has 0 radical (unpaired) electrons. The van der Waals surface area contributed by atoms with Gasteiger partial charge in [-0.15, -0.1) is 0 Å².